The summed E-state index contributed by atoms with van der Waals surface area (Å²) in [6, 6.07) is 0.237. The van der Waals surface area contributed by atoms with Crippen LogP contribution in [0, 0.1) is 17.8 Å². The second-order valence-corrected chi connectivity index (χ2v) is 4.99. The topological polar surface area (TPSA) is 43.8 Å². The standard InChI is InChI=1S/C12H19N3/c1-2-15-7-8(6-14-15)12(13)11-9-4-3-5-10(9)11/h6-7,9-12H,2-5,13H2,1H3. The first kappa shape index (κ1) is 9.40. The van der Waals surface area contributed by atoms with Crippen LogP contribution in [0.15, 0.2) is 12.4 Å². The van der Waals surface area contributed by atoms with Gasteiger partial charge in [-0.25, -0.2) is 0 Å². The van der Waals surface area contributed by atoms with Crippen molar-refractivity contribution < 1.29 is 0 Å². The summed E-state index contributed by atoms with van der Waals surface area (Å²) in [5, 5.41) is 4.30. The van der Waals surface area contributed by atoms with E-state index in [4.69, 9.17) is 5.73 Å². The predicted molar refractivity (Wildman–Crippen MR) is 59.2 cm³/mol. The van der Waals surface area contributed by atoms with Crippen molar-refractivity contribution in [3.05, 3.63) is 18.0 Å². The average molecular weight is 205 g/mol. The van der Waals surface area contributed by atoms with Crippen LogP contribution in [0.25, 0.3) is 0 Å². The van der Waals surface area contributed by atoms with Crippen LogP contribution in [0.3, 0.4) is 0 Å². The van der Waals surface area contributed by atoms with Gasteiger partial charge in [-0.1, -0.05) is 6.42 Å². The third kappa shape index (κ3) is 1.41. The number of rotatable bonds is 3. The van der Waals surface area contributed by atoms with Gasteiger partial charge in [0.1, 0.15) is 0 Å². The molecule has 0 aliphatic heterocycles. The maximum absolute atomic E-state index is 6.31. The first-order valence-electron chi connectivity index (χ1n) is 6.09. The number of nitrogens with zero attached hydrogens (tertiary/aromatic N) is 2. The van der Waals surface area contributed by atoms with Crippen LogP contribution in [0.1, 0.15) is 37.8 Å². The van der Waals surface area contributed by atoms with E-state index in [0.29, 0.717) is 0 Å². The molecule has 0 radical (unpaired) electrons. The third-order valence-electron chi connectivity index (χ3n) is 4.25. The summed E-state index contributed by atoms with van der Waals surface area (Å²) in [6.07, 6.45) is 8.30. The van der Waals surface area contributed by atoms with Crippen molar-refractivity contribution in [1.29, 1.82) is 0 Å². The fraction of sp³-hybridized carbons (Fsp3) is 0.750. The summed E-state index contributed by atoms with van der Waals surface area (Å²) < 4.78 is 1.97. The van der Waals surface area contributed by atoms with Crippen molar-refractivity contribution >= 4 is 0 Å². The maximum atomic E-state index is 6.31. The van der Waals surface area contributed by atoms with Crippen LogP contribution >= 0.6 is 0 Å². The lowest BCUT2D eigenvalue weighted by Gasteiger charge is -2.11. The molecule has 2 fully saturated rings. The molecule has 0 spiro atoms. The van der Waals surface area contributed by atoms with Gasteiger partial charge in [-0.15, -0.1) is 0 Å². The van der Waals surface area contributed by atoms with Gasteiger partial charge in [0.15, 0.2) is 0 Å². The second-order valence-electron chi connectivity index (χ2n) is 4.99. The SMILES string of the molecule is CCn1cc(C(N)C2C3CCCC32)cn1. The minimum absolute atomic E-state index is 0.237. The first-order chi connectivity index (χ1) is 7.31. The lowest BCUT2D eigenvalue weighted by Crippen LogP contribution is -2.14. The lowest BCUT2D eigenvalue weighted by molar-refractivity contribution is 0.501. The summed E-state index contributed by atoms with van der Waals surface area (Å²) in [6.45, 7) is 3.04. The summed E-state index contributed by atoms with van der Waals surface area (Å²) in [4.78, 5) is 0. The smallest absolute Gasteiger partial charge is 0.0537 e. The zero-order chi connectivity index (χ0) is 10.4. The Morgan fingerprint density at radius 2 is 2.27 bits per heavy atom. The average Bonchev–Trinajstić information content (AvgIpc) is 2.73. The Bertz CT molecular complexity index is 348. The van der Waals surface area contributed by atoms with Crippen LogP contribution in [0.2, 0.25) is 0 Å². The minimum atomic E-state index is 0.237. The van der Waals surface area contributed by atoms with Gasteiger partial charge in [-0.2, -0.15) is 5.10 Å². The molecule has 3 atom stereocenters. The first-order valence-corrected chi connectivity index (χ1v) is 6.09. The highest BCUT2D eigenvalue weighted by atomic mass is 15.3. The number of aromatic nitrogens is 2. The Morgan fingerprint density at radius 1 is 1.53 bits per heavy atom. The van der Waals surface area contributed by atoms with Crippen LogP contribution in [-0.2, 0) is 6.54 Å². The van der Waals surface area contributed by atoms with Gasteiger partial charge in [0.2, 0.25) is 0 Å². The molecule has 0 saturated heterocycles. The molecule has 2 N–H and O–H groups in total. The Balaban J connectivity index is 1.72. The molecular weight excluding hydrogens is 186 g/mol. The van der Waals surface area contributed by atoms with E-state index in [1.54, 1.807) is 0 Å². The molecule has 2 aliphatic carbocycles. The highest BCUT2D eigenvalue weighted by Gasteiger charge is 2.55. The van der Waals surface area contributed by atoms with E-state index in [-0.39, 0.29) is 6.04 Å². The highest BCUT2D eigenvalue weighted by molar-refractivity contribution is 5.18. The Kier molecular flexibility index (Phi) is 2.09. The molecule has 1 aromatic heterocycles. The van der Waals surface area contributed by atoms with Crippen molar-refractivity contribution in [1.82, 2.24) is 9.78 Å². The van der Waals surface area contributed by atoms with Gasteiger partial charge in [0, 0.05) is 24.3 Å². The van der Waals surface area contributed by atoms with Crippen LogP contribution in [0.4, 0.5) is 0 Å². The van der Waals surface area contributed by atoms with Gasteiger partial charge in [0.05, 0.1) is 6.20 Å². The molecule has 0 amide bonds. The van der Waals surface area contributed by atoms with Gasteiger partial charge in [0.25, 0.3) is 0 Å². The Labute approximate surface area is 90.7 Å². The molecule has 3 heteroatoms. The third-order valence-corrected chi connectivity index (χ3v) is 4.25. The van der Waals surface area contributed by atoms with E-state index >= 15 is 0 Å². The van der Waals surface area contributed by atoms with Gasteiger partial charge >= 0.3 is 0 Å². The molecule has 3 unspecified atom stereocenters. The van der Waals surface area contributed by atoms with Crippen molar-refractivity contribution in [3.63, 3.8) is 0 Å². The normalized spacial score (nSPS) is 35.2. The van der Waals surface area contributed by atoms with E-state index in [1.165, 1.54) is 24.8 Å². The monoisotopic (exact) mass is 205 g/mol. The second kappa shape index (κ2) is 3.34. The predicted octanol–water partition coefficient (Wildman–Crippen LogP) is 1.95. The van der Waals surface area contributed by atoms with E-state index < -0.39 is 0 Å². The zero-order valence-corrected chi connectivity index (χ0v) is 9.26. The van der Waals surface area contributed by atoms with E-state index in [2.05, 4.69) is 18.2 Å². The van der Waals surface area contributed by atoms with Crippen LogP contribution in [-0.4, -0.2) is 9.78 Å². The molecular formula is C12H19N3. The van der Waals surface area contributed by atoms with E-state index in [0.717, 1.165) is 24.3 Å². The van der Waals surface area contributed by atoms with Crippen LogP contribution in [0.5, 0.6) is 0 Å². The number of nitrogens with two attached hydrogens (primary N) is 1. The fourth-order valence-corrected chi connectivity index (χ4v) is 3.36. The quantitative estimate of drug-likeness (QED) is 0.819. The van der Waals surface area contributed by atoms with E-state index in [1.807, 2.05) is 10.9 Å². The molecule has 82 valence electrons. The van der Waals surface area contributed by atoms with Gasteiger partial charge in [-0.05, 0) is 37.5 Å². The molecule has 15 heavy (non-hydrogen) atoms. The van der Waals surface area contributed by atoms with Gasteiger partial charge < -0.3 is 5.73 Å². The summed E-state index contributed by atoms with van der Waals surface area (Å²) in [5.74, 6) is 2.63. The lowest BCUT2D eigenvalue weighted by atomic mass is 10.0. The van der Waals surface area contributed by atoms with E-state index in [9.17, 15) is 0 Å². The zero-order valence-electron chi connectivity index (χ0n) is 9.26. The largest absolute Gasteiger partial charge is 0.324 e. The molecule has 3 nitrogen and oxygen atoms in total. The van der Waals surface area contributed by atoms with Crippen molar-refractivity contribution in [2.45, 2.75) is 38.8 Å². The number of hydrogen-bond acceptors (Lipinski definition) is 2. The molecule has 2 aliphatic rings. The molecule has 2 saturated carbocycles. The molecule has 1 aromatic rings. The number of fused-ring (bicyclic) bond motifs is 1. The summed E-state index contributed by atoms with van der Waals surface area (Å²) in [5.41, 5.74) is 7.54. The fourth-order valence-electron chi connectivity index (χ4n) is 3.36. The molecule has 1 heterocycles. The number of hydrogen-bond donors (Lipinski definition) is 1. The molecule has 0 aromatic carbocycles. The minimum Gasteiger partial charge on any atom is -0.324 e. The summed E-state index contributed by atoms with van der Waals surface area (Å²) in [7, 11) is 0. The molecule has 3 rings (SSSR count). The Hall–Kier alpha value is -0.830. The van der Waals surface area contributed by atoms with Crippen molar-refractivity contribution in [2.75, 3.05) is 0 Å². The number of aryl methyl sites for hydroxylation is 1. The maximum Gasteiger partial charge on any atom is 0.0537 e. The molecule has 0 bridgehead atoms. The van der Waals surface area contributed by atoms with Crippen LogP contribution < -0.4 is 5.73 Å². The highest BCUT2D eigenvalue weighted by Crippen LogP contribution is 2.61. The summed E-state index contributed by atoms with van der Waals surface area (Å²) >= 11 is 0. The Morgan fingerprint density at radius 3 is 2.87 bits per heavy atom. The van der Waals surface area contributed by atoms with Crippen molar-refractivity contribution in [3.8, 4) is 0 Å². The van der Waals surface area contributed by atoms with Crippen molar-refractivity contribution in [2.24, 2.45) is 23.5 Å². The van der Waals surface area contributed by atoms with Gasteiger partial charge in [-0.3, -0.25) is 4.68 Å².